The topological polar surface area (TPSA) is 79.9 Å². The van der Waals surface area contributed by atoms with Gasteiger partial charge in [0.05, 0.1) is 25.8 Å². The zero-order valence-corrected chi connectivity index (χ0v) is 13.7. The Hall–Kier alpha value is -2.28. The van der Waals surface area contributed by atoms with Gasteiger partial charge in [0.2, 0.25) is 5.91 Å². The third-order valence-electron chi connectivity index (χ3n) is 3.62. The van der Waals surface area contributed by atoms with E-state index >= 15 is 0 Å². The van der Waals surface area contributed by atoms with E-state index in [0.717, 1.165) is 5.69 Å². The first-order valence-corrected chi connectivity index (χ1v) is 7.54. The number of nitrogens with zero attached hydrogens (tertiary/aromatic N) is 1. The van der Waals surface area contributed by atoms with E-state index in [-0.39, 0.29) is 30.4 Å². The zero-order valence-electron chi connectivity index (χ0n) is 13.7. The monoisotopic (exact) mass is 321 g/mol. The van der Waals surface area contributed by atoms with E-state index in [1.54, 1.807) is 25.2 Å². The number of methoxy groups -OCH3 is 2. The number of anilines is 1. The molecule has 23 heavy (non-hydrogen) atoms. The molecule has 2 N–H and O–H groups in total. The van der Waals surface area contributed by atoms with Crippen molar-refractivity contribution in [1.82, 2.24) is 10.6 Å². The average molecular weight is 321 g/mol. The lowest BCUT2D eigenvalue weighted by atomic mass is 10.2. The van der Waals surface area contributed by atoms with E-state index in [1.165, 1.54) is 0 Å². The third kappa shape index (κ3) is 4.59. The van der Waals surface area contributed by atoms with Gasteiger partial charge in [-0.25, -0.2) is 4.79 Å². The molecule has 1 aliphatic heterocycles. The van der Waals surface area contributed by atoms with Crippen molar-refractivity contribution in [2.45, 2.75) is 25.4 Å². The van der Waals surface area contributed by atoms with Crippen LogP contribution in [0, 0.1) is 0 Å². The van der Waals surface area contributed by atoms with Gasteiger partial charge >= 0.3 is 6.03 Å². The van der Waals surface area contributed by atoms with Crippen molar-refractivity contribution in [1.29, 1.82) is 0 Å². The Bertz CT molecular complexity index is 564. The molecular weight excluding hydrogens is 298 g/mol. The summed E-state index contributed by atoms with van der Waals surface area (Å²) in [7, 11) is 3.17. The molecule has 7 heteroatoms. The number of hydrogen-bond acceptors (Lipinski definition) is 4. The van der Waals surface area contributed by atoms with Gasteiger partial charge < -0.3 is 25.0 Å². The van der Waals surface area contributed by atoms with Gasteiger partial charge in [0.15, 0.2) is 0 Å². The van der Waals surface area contributed by atoms with Crippen molar-refractivity contribution in [2.24, 2.45) is 0 Å². The Kier molecular flexibility index (Phi) is 5.81. The minimum atomic E-state index is -0.292. The normalized spacial score (nSPS) is 18.7. The van der Waals surface area contributed by atoms with Gasteiger partial charge in [-0.05, 0) is 19.1 Å². The lowest BCUT2D eigenvalue weighted by molar-refractivity contribution is -0.117. The van der Waals surface area contributed by atoms with Crippen LogP contribution in [0.25, 0.3) is 0 Å². The third-order valence-corrected chi connectivity index (χ3v) is 3.62. The van der Waals surface area contributed by atoms with Crippen LogP contribution in [0.2, 0.25) is 0 Å². The molecule has 1 heterocycles. The number of nitrogens with one attached hydrogen (secondary N) is 2. The van der Waals surface area contributed by atoms with Crippen molar-refractivity contribution in [2.75, 3.05) is 32.3 Å². The van der Waals surface area contributed by atoms with Crippen molar-refractivity contribution in [3.8, 4) is 5.75 Å². The number of carbonyl (C=O) groups excluding carboxylic acids is 2. The number of hydrogen-bond donors (Lipinski definition) is 2. The maximum Gasteiger partial charge on any atom is 0.315 e. The van der Waals surface area contributed by atoms with E-state index in [9.17, 15) is 9.59 Å². The Balaban J connectivity index is 1.93. The van der Waals surface area contributed by atoms with Crippen LogP contribution >= 0.6 is 0 Å². The minimum Gasteiger partial charge on any atom is -0.497 e. The number of ether oxygens (including phenoxy) is 2. The Morgan fingerprint density at radius 1 is 1.43 bits per heavy atom. The number of benzene rings is 1. The number of amides is 3. The first kappa shape index (κ1) is 17.1. The number of carbonyl (C=O) groups is 2. The highest BCUT2D eigenvalue weighted by molar-refractivity contribution is 5.97. The van der Waals surface area contributed by atoms with Crippen LogP contribution in [-0.4, -0.2) is 51.4 Å². The summed E-state index contributed by atoms with van der Waals surface area (Å²) in [6.07, 6.45) is 0.281. The van der Waals surface area contributed by atoms with Gasteiger partial charge in [-0.3, -0.25) is 4.79 Å². The molecule has 0 spiro atoms. The highest BCUT2D eigenvalue weighted by atomic mass is 16.5. The second-order valence-corrected chi connectivity index (χ2v) is 5.58. The maximum absolute atomic E-state index is 12.2. The molecule has 2 unspecified atom stereocenters. The summed E-state index contributed by atoms with van der Waals surface area (Å²) < 4.78 is 10.1. The quantitative estimate of drug-likeness (QED) is 0.823. The lowest BCUT2D eigenvalue weighted by Crippen LogP contribution is -2.47. The summed E-state index contributed by atoms with van der Waals surface area (Å²) in [6.45, 7) is 2.73. The molecule has 1 aromatic rings. The molecule has 3 amide bonds. The van der Waals surface area contributed by atoms with Gasteiger partial charge in [0, 0.05) is 31.8 Å². The molecule has 126 valence electrons. The fourth-order valence-electron chi connectivity index (χ4n) is 2.57. The molecule has 2 atom stereocenters. The van der Waals surface area contributed by atoms with Crippen molar-refractivity contribution in [3.63, 3.8) is 0 Å². The molecule has 1 fully saturated rings. The van der Waals surface area contributed by atoms with Crippen molar-refractivity contribution < 1.29 is 19.1 Å². The van der Waals surface area contributed by atoms with Crippen LogP contribution in [0.15, 0.2) is 24.3 Å². The predicted octanol–water partition coefficient (Wildman–Crippen LogP) is 1.13. The van der Waals surface area contributed by atoms with E-state index in [0.29, 0.717) is 18.9 Å². The molecule has 0 bridgehead atoms. The summed E-state index contributed by atoms with van der Waals surface area (Å²) in [4.78, 5) is 25.8. The summed E-state index contributed by atoms with van der Waals surface area (Å²) >= 11 is 0. The Morgan fingerprint density at radius 2 is 2.22 bits per heavy atom. The predicted molar refractivity (Wildman–Crippen MR) is 86.8 cm³/mol. The van der Waals surface area contributed by atoms with Crippen molar-refractivity contribution >= 4 is 17.6 Å². The van der Waals surface area contributed by atoms with Gasteiger partial charge in [-0.1, -0.05) is 6.07 Å². The molecule has 7 nitrogen and oxygen atoms in total. The average Bonchev–Trinajstić information content (AvgIpc) is 2.87. The molecule has 1 aliphatic rings. The zero-order chi connectivity index (χ0) is 16.8. The number of urea groups is 1. The van der Waals surface area contributed by atoms with E-state index in [2.05, 4.69) is 10.6 Å². The summed E-state index contributed by atoms with van der Waals surface area (Å²) in [5.74, 6) is 0.673. The fourth-order valence-corrected chi connectivity index (χ4v) is 2.57. The molecular formula is C16H23N3O4. The van der Waals surface area contributed by atoms with Crippen LogP contribution in [0.5, 0.6) is 5.75 Å². The van der Waals surface area contributed by atoms with Crippen LogP contribution in [-0.2, 0) is 9.53 Å². The molecule has 0 radical (unpaired) electrons. The Morgan fingerprint density at radius 3 is 2.91 bits per heavy atom. The second kappa shape index (κ2) is 7.82. The van der Waals surface area contributed by atoms with E-state index in [4.69, 9.17) is 9.47 Å². The highest BCUT2D eigenvalue weighted by Gasteiger charge is 2.31. The molecule has 0 aliphatic carbocycles. The fraction of sp³-hybridized carbons (Fsp3) is 0.500. The van der Waals surface area contributed by atoms with Crippen molar-refractivity contribution in [3.05, 3.63) is 24.3 Å². The molecule has 1 saturated heterocycles. The van der Waals surface area contributed by atoms with Crippen LogP contribution in [0.4, 0.5) is 10.5 Å². The number of rotatable bonds is 6. The first-order chi connectivity index (χ1) is 11.0. The SMILES string of the molecule is COCC(C)NC(=O)NC1CC(=O)N(c2cccc(OC)c2)C1. The smallest absolute Gasteiger partial charge is 0.315 e. The standard InChI is InChI=1S/C16H23N3O4/c1-11(10-22-2)17-16(21)18-12-7-15(20)19(9-12)13-5-4-6-14(8-13)23-3/h4-6,8,11-12H,7,9-10H2,1-3H3,(H2,17,18,21). The first-order valence-electron chi connectivity index (χ1n) is 7.54. The molecule has 2 rings (SSSR count). The highest BCUT2D eigenvalue weighted by Crippen LogP contribution is 2.25. The maximum atomic E-state index is 12.2. The second-order valence-electron chi connectivity index (χ2n) is 5.58. The lowest BCUT2D eigenvalue weighted by Gasteiger charge is -2.19. The summed E-state index contributed by atoms with van der Waals surface area (Å²) in [5.41, 5.74) is 0.770. The minimum absolute atomic E-state index is 0.0199. The largest absolute Gasteiger partial charge is 0.497 e. The van der Waals surface area contributed by atoms with Crippen LogP contribution < -0.4 is 20.3 Å². The van der Waals surface area contributed by atoms with Gasteiger partial charge in [0.1, 0.15) is 5.75 Å². The van der Waals surface area contributed by atoms with Gasteiger partial charge in [-0.15, -0.1) is 0 Å². The van der Waals surface area contributed by atoms with E-state index < -0.39 is 0 Å². The molecule has 0 saturated carbocycles. The van der Waals surface area contributed by atoms with Crippen LogP contribution in [0.1, 0.15) is 13.3 Å². The summed E-state index contributed by atoms with van der Waals surface area (Å²) in [5, 5.41) is 5.60. The summed E-state index contributed by atoms with van der Waals surface area (Å²) in [6, 6.07) is 6.71. The van der Waals surface area contributed by atoms with Crippen LogP contribution in [0.3, 0.4) is 0 Å². The van der Waals surface area contributed by atoms with Gasteiger partial charge in [0.25, 0.3) is 0 Å². The molecule has 1 aromatic carbocycles. The molecule has 0 aromatic heterocycles. The van der Waals surface area contributed by atoms with E-state index in [1.807, 2.05) is 25.1 Å². The van der Waals surface area contributed by atoms with Gasteiger partial charge in [-0.2, -0.15) is 0 Å². The Labute approximate surface area is 135 Å².